The predicted molar refractivity (Wildman–Crippen MR) is 96.4 cm³/mol. The van der Waals surface area contributed by atoms with Gasteiger partial charge in [-0.1, -0.05) is 12.1 Å². The second-order valence-corrected chi connectivity index (χ2v) is 8.35. The fourth-order valence-electron chi connectivity index (χ4n) is 3.34. The number of pyridine rings is 1. The molecule has 0 spiro atoms. The van der Waals surface area contributed by atoms with Crippen LogP contribution in [0.2, 0.25) is 0 Å². The van der Waals surface area contributed by atoms with Crippen LogP contribution in [0.1, 0.15) is 37.3 Å². The lowest BCUT2D eigenvalue weighted by Crippen LogP contribution is -2.40. The summed E-state index contributed by atoms with van der Waals surface area (Å²) in [5.74, 6) is 0. The summed E-state index contributed by atoms with van der Waals surface area (Å²) in [4.78, 5) is 8.31. The molecule has 0 aromatic carbocycles. The van der Waals surface area contributed by atoms with E-state index in [4.69, 9.17) is 9.26 Å². The molecule has 0 aliphatic carbocycles. The fraction of sp³-hybridized carbons (Fsp3) is 0.471. The molecule has 10 heteroatoms. The van der Waals surface area contributed by atoms with Gasteiger partial charge in [0.15, 0.2) is 0 Å². The van der Waals surface area contributed by atoms with Gasteiger partial charge in [0.2, 0.25) is 10.0 Å². The van der Waals surface area contributed by atoms with Gasteiger partial charge in [-0.2, -0.15) is 0 Å². The summed E-state index contributed by atoms with van der Waals surface area (Å²) in [5, 5.41) is 4.55. The van der Waals surface area contributed by atoms with E-state index in [-0.39, 0.29) is 17.0 Å². The van der Waals surface area contributed by atoms with Crippen molar-refractivity contribution in [2.75, 3.05) is 6.61 Å². The summed E-state index contributed by atoms with van der Waals surface area (Å²) in [6.45, 7) is 2.41. The number of aryl methyl sites for hydroxylation is 2. The lowest BCUT2D eigenvalue weighted by molar-refractivity contribution is -0.0000446. The SMILES string of the molecule is CCc1noc2ncc(S(=O)(=O)N[C@H]3CCO[C@H](c4cncn4C)C3)cc12. The van der Waals surface area contributed by atoms with Crippen LogP contribution in [0, 0.1) is 0 Å². The summed E-state index contributed by atoms with van der Waals surface area (Å²) in [6.07, 6.45) is 6.35. The normalized spacial score (nSPS) is 21.0. The molecule has 2 atom stereocenters. The summed E-state index contributed by atoms with van der Waals surface area (Å²) in [5.41, 5.74) is 1.96. The third-order valence-corrected chi connectivity index (χ3v) is 6.30. The Morgan fingerprint density at radius 3 is 2.96 bits per heavy atom. The number of sulfonamides is 1. The zero-order valence-electron chi connectivity index (χ0n) is 15.1. The summed E-state index contributed by atoms with van der Waals surface area (Å²) >= 11 is 0. The Hall–Kier alpha value is -2.30. The third kappa shape index (κ3) is 3.47. The van der Waals surface area contributed by atoms with Crippen LogP contribution in [0.25, 0.3) is 11.1 Å². The second kappa shape index (κ2) is 7.02. The third-order valence-electron chi connectivity index (χ3n) is 4.81. The molecule has 4 heterocycles. The van der Waals surface area contributed by atoms with Crippen molar-refractivity contribution < 1.29 is 17.7 Å². The van der Waals surface area contributed by atoms with Gasteiger partial charge in [0.1, 0.15) is 11.0 Å². The zero-order chi connectivity index (χ0) is 19.0. The van der Waals surface area contributed by atoms with Crippen LogP contribution >= 0.6 is 0 Å². The highest BCUT2D eigenvalue weighted by molar-refractivity contribution is 7.89. The number of imidazole rings is 1. The maximum absolute atomic E-state index is 12.9. The van der Waals surface area contributed by atoms with E-state index in [0.717, 1.165) is 5.69 Å². The minimum Gasteiger partial charge on any atom is -0.372 e. The molecule has 1 N–H and O–H groups in total. The summed E-state index contributed by atoms with van der Waals surface area (Å²) < 4.78 is 41.3. The van der Waals surface area contributed by atoms with Crippen LogP contribution in [-0.4, -0.2) is 40.8 Å². The van der Waals surface area contributed by atoms with Crippen molar-refractivity contribution in [2.24, 2.45) is 7.05 Å². The van der Waals surface area contributed by atoms with E-state index in [1.807, 2.05) is 18.5 Å². The van der Waals surface area contributed by atoms with Gasteiger partial charge in [-0.15, -0.1) is 0 Å². The summed E-state index contributed by atoms with van der Waals surface area (Å²) in [6, 6.07) is 1.34. The van der Waals surface area contributed by atoms with Crippen molar-refractivity contribution in [3.05, 3.63) is 36.2 Å². The standard InChI is InChI=1S/C17H21N5O4S/c1-3-14-13-7-12(8-19-17(13)26-20-14)27(23,24)21-11-4-5-25-16(6-11)15-9-18-10-22(15)2/h7-11,16,21H,3-6H2,1-2H3/t11-,16-/m0/s1. The fourth-order valence-corrected chi connectivity index (χ4v) is 4.59. The molecule has 0 amide bonds. The van der Waals surface area contributed by atoms with Crippen LogP contribution in [0.5, 0.6) is 0 Å². The minimum absolute atomic E-state index is 0.108. The molecule has 9 nitrogen and oxygen atoms in total. The van der Waals surface area contributed by atoms with Crippen LogP contribution in [0.3, 0.4) is 0 Å². The molecule has 0 unspecified atom stereocenters. The first kappa shape index (κ1) is 18.1. The van der Waals surface area contributed by atoms with Gasteiger partial charge >= 0.3 is 0 Å². The van der Waals surface area contributed by atoms with Crippen LogP contribution in [-0.2, 0) is 28.2 Å². The Bertz CT molecular complexity index is 1060. The largest absolute Gasteiger partial charge is 0.372 e. The molecular formula is C17H21N5O4S. The molecule has 1 aliphatic rings. The summed E-state index contributed by atoms with van der Waals surface area (Å²) in [7, 11) is -1.82. The van der Waals surface area contributed by atoms with Crippen LogP contribution < -0.4 is 4.72 Å². The predicted octanol–water partition coefficient (Wildman–Crippen LogP) is 1.72. The number of hydrogen-bond acceptors (Lipinski definition) is 7. The first-order chi connectivity index (χ1) is 13.0. The molecule has 0 bridgehead atoms. The smallest absolute Gasteiger partial charge is 0.258 e. The van der Waals surface area contributed by atoms with E-state index in [1.54, 1.807) is 18.6 Å². The minimum atomic E-state index is -3.72. The zero-order valence-corrected chi connectivity index (χ0v) is 15.9. The van der Waals surface area contributed by atoms with E-state index in [9.17, 15) is 8.42 Å². The van der Waals surface area contributed by atoms with Crippen molar-refractivity contribution in [3.63, 3.8) is 0 Å². The molecule has 4 rings (SSSR count). The number of rotatable bonds is 5. The molecule has 1 aliphatic heterocycles. The molecule has 3 aromatic rings. The molecule has 3 aromatic heterocycles. The molecule has 0 radical (unpaired) electrons. The number of nitrogens with zero attached hydrogens (tertiary/aromatic N) is 4. The van der Waals surface area contributed by atoms with Gasteiger partial charge in [0.05, 0.1) is 35.5 Å². The molecule has 1 saturated heterocycles. The van der Waals surface area contributed by atoms with E-state index >= 15 is 0 Å². The van der Waals surface area contributed by atoms with Gasteiger partial charge in [-0.3, -0.25) is 0 Å². The quantitative estimate of drug-likeness (QED) is 0.704. The van der Waals surface area contributed by atoms with Gasteiger partial charge in [-0.25, -0.2) is 23.1 Å². The average molecular weight is 391 g/mol. The van der Waals surface area contributed by atoms with Gasteiger partial charge < -0.3 is 13.8 Å². The number of aromatic nitrogens is 4. The van der Waals surface area contributed by atoms with Crippen molar-refractivity contribution >= 4 is 21.1 Å². The highest BCUT2D eigenvalue weighted by atomic mass is 32.2. The molecular weight excluding hydrogens is 370 g/mol. The Kier molecular flexibility index (Phi) is 4.70. The van der Waals surface area contributed by atoms with E-state index in [2.05, 4.69) is 19.8 Å². The molecule has 27 heavy (non-hydrogen) atoms. The molecule has 144 valence electrons. The topological polar surface area (TPSA) is 112 Å². The lowest BCUT2D eigenvalue weighted by Gasteiger charge is -2.30. The number of ether oxygens (including phenoxy) is 1. The Labute approximate surface area is 156 Å². The highest BCUT2D eigenvalue weighted by Gasteiger charge is 2.29. The van der Waals surface area contributed by atoms with E-state index in [0.29, 0.717) is 42.7 Å². The second-order valence-electron chi connectivity index (χ2n) is 6.64. The van der Waals surface area contributed by atoms with Crippen LogP contribution in [0.4, 0.5) is 0 Å². The van der Waals surface area contributed by atoms with E-state index < -0.39 is 10.0 Å². The number of fused-ring (bicyclic) bond motifs is 1. The first-order valence-electron chi connectivity index (χ1n) is 8.82. The van der Waals surface area contributed by atoms with Crippen molar-refractivity contribution in [1.29, 1.82) is 0 Å². The maximum atomic E-state index is 12.9. The highest BCUT2D eigenvalue weighted by Crippen LogP contribution is 2.29. The lowest BCUT2D eigenvalue weighted by atomic mass is 10.0. The molecule has 1 fully saturated rings. The van der Waals surface area contributed by atoms with Crippen molar-refractivity contribution in [3.8, 4) is 0 Å². The molecule has 0 saturated carbocycles. The van der Waals surface area contributed by atoms with E-state index in [1.165, 1.54) is 6.20 Å². The van der Waals surface area contributed by atoms with Gasteiger partial charge in [0, 0.05) is 19.7 Å². The average Bonchev–Trinajstić information content (AvgIpc) is 3.26. The monoisotopic (exact) mass is 391 g/mol. The van der Waals surface area contributed by atoms with Crippen molar-refractivity contribution in [2.45, 2.75) is 43.2 Å². The van der Waals surface area contributed by atoms with Gasteiger partial charge in [0.25, 0.3) is 5.71 Å². The first-order valence-corrected chi connectivity index (χ1v) is 10.3. The van der Waals surface area contributed by atoms with Crippen LogP contribution in [0.15, 0.2) is 34.2 Å². The number of hydrogen-bond donors (Lipinski definition) is 1. The Morgan fingerprint density at radius 1 is 1.37 bits per heavy atom. The van der Waals surface area contributed by atoms with Crippen molar-refractivity contribution in [1.82, 2.24) is 24.4 Å². The Morgan fingerprint density at radius 2 is 2.22 bits per heavy atom. The van der Waals surface area contributed by atoms with Gasteiger partial charge in [-0.05, 0) is 25.3 Å². The number of nitrogens with one attached hydrogen (secondary N) is 1. The Balaban J connectivity index is 1.55. The maximum Gasteiger partial charge on any atom is 0.258 e.